The van der Waals surface area contributed by atoms with Gasteiger partial charge in [0.2, 0.25) is 0 Å². The van der Waals surface area contributed by atoms with E-state index in [0.29, 0.717) is 0 Å². The van der Waals surface area contributed by atoms with Crippen LogP contribution in [0.25, 0.3) is 0 Å². The topological polar surface area (TPSA) is 0 Å². The van der Waals surface area contributed by atoms with Crippen LogP contribution in [0.3, 0.4) is 0 Å². The quantitative estimate of drug-likeness (QED) is 0.479. The molecule has 3 heteroatoms. The summed E-state index contributed by atoms with van der Waals surface area (Å²) in [7, 11) is 0. The third-order valence-corrected chi connectivity index (χ3v) is 3.59. The number of allylic oxidation sites excluding steroid dienone is 1. The first kappa shape index (κ1) is 9.62. The molecular weight excluding hydrogens is 195 g/mol. The number of rotatable bonds is 2. The van der Waals surface area contributed by atoms with Gasteiger partial charge in [0.05, 0.1) is 0 Å². The Morgan fingerprint density at radius 1 is 1.27 bits per heavy atom. The van der Waals surface area contributed by atoms with E-state index in [1.165, 1.54) is 25.7 Å². The van der Waals surface area contributed by atoms with E-state index in [4.69, 9.17) is 22.2 Å². The second kappa shape index (κ2) is 3.97. The molecule has 64 valence electrons. The van der Waals surface area contributed by atoms with Crippen LogP contribution in [0, 0.1) is 5.92 Å². The van der Waals surface area contributed by atoms with Crippen molar-refractivity contribution >= 4 is 28.9 Å². The molecule has 1 fully saturated rings. The highest BCUT2D eigenvalue weighted by Crippen LogP contribution is 2.27. The summed E-state index contributed by atoms with van der Waals surface area (Å²) in [4.78, 5) is 0. The molecule has 0 N–H and O–H groups in total. The maximum Gasteiger partial charge on any atom is 0.270 e. The predicted molar refractivity (Wildman–Crippen MR) is 54.4 cm³/mol. The normalized spacial score (nSPS) is 21.7. The lowest BCUT2D eigenvalue weighted by Crippen LogP contribution is -2.08. The summed E-state index contributed by atoms with van der Waals surface area (Å²) < 4.78 is 0. The molecule has 0 aliphatic heterocycles. The minimum atomic E-state index is -1.96. The van der Waals surface area contributed by atoms with Crippen molar-refractivity contribution in [2.45, 2.75) is 32.2 Å². The highest BCUT2D eigenvalue weighted by atomic mass is 35.7. The van der Waals surface area contributed by atoms with Gasteiger partial charge in [-0.3, -0.25) is 0 Å². The average Bonchev–Trinajstić information content (AvgIpc) is 2.32. The number of hydrogen-bond acceptors (Lipinski definition) is 0. The summed E-state index contributed by atoms with van der Waals surface area (Å²) in [5.41, 5.74) is 2.03. The second-order valence-electron chi connectivity index (χ2n) is 3.36. The van der Waals surface area contributed by atoms with Crippen molar-refractivity contribution in [1.29, 1.82) is 0 Å². The monoisotopic (exact) mass is 208 g/mol. The Kier molecular flexibility index (Phi) is 3.47. The van der Waals surface area contributed by atoms with Crippen LogP contribution < -0.4 is 0 Å². The summed E-state index contributed by atoms with van der Waals surface area (Å²) in [6.45, 7) is -0.0288. The highest BCUT2D eigenvalue weighted by Gasteiger charge is 2.18. The predicted octanol–water partition coefficient (Wildman–Crippen LogP) is 3.82. The molecule has 0 aromatic rings. The zero-order valence-corrected chi connectivity index (χ0v) is 9.33. The van der Waals surface area contributed by atoms with Crippen molar-refractivity contribution in [1.82, 2.24) is 0 Å². The van der Waals surface area contributed by atoms with Crippen molar-refractivity contribution in [2.24, 2.45) is 5.92 Å². The zero-order valence-electron chi connectivity index (χ0n) is 6.82. The Labute approximate surface area is 79.0 Å². The molecule has 1 rings (SSSR count). The van der Waals surface area contributed by atoms with E-state index in [2.05, 4.69) is 6.08 Å². The first-order valence-corrected chi connectivity index (χ1v) is 8.75. The second-order valence-corrected chi connectivity index (χ2v) is 10.9. The largest absolute Gasteiger partial charge is 0.270 e. The van der Waals surface area contributed by atoms with Gasteiger partial charge in [-0.05, 0) is 25.3 Å². The van der Waals surface area contributed by atoms with Crippen molar-refractivity contribution in [2.75, 3.05) is 0 Å². The van der Waals surface area contributed by atoms with Gasteiger partial charge in [0.15, 0.2) is 0 Å². The van der Waals surface area contributed by atoms with Gasteiger partial charge in [-0.15, -0.1) is 22.2 Å². The first-order valence-electron chi connectivity index (χ1n) is 4.15. The standard InChI is InChI=1S/C8H14Cl2Si/c1-11(9,10)7-6-8-4-2-3-5-8/h6-8H,2-5H2,1H3. The van der Waals surface area contributed by atoms with E-state index in [1.807, 2.05) is 12.2 Å². The fraction of sp³-hybridized carbons (Fsp3) is 0.750. The van der Waals surface area contributed by atoms with E-state index in [0.717, 1.165) is 5.92 Å². The van der Waals surface area contributed by atoms with E-state index in [9.17, 15) is 0 Å². The molecule has 0 unspecified atom stereocenters. The Bertz CT molecular complexity index is 143. The molecule has 0 saturated heterocycles. The van der Waals surface area contributed by atoms with Crippen LogP contribution in [-0.2, 0) is 0 Å². The van der Waals surface area contributed by atoms with Gasteiger partial charge in [0.1, 0.15) is 0 Å². The summed E-state index contributed by atoms with van der Waals surface area (Å²) in [5.74, 6) is 0.763. The summed E-state index contributed by atoms with van der Waals surface area (Å²) in [6, 6.07) is 0. The fourth-order valence-electron chi connectivity index (χ4n) is 1.45. The van der Waals surface area contributed by atoms with Crippen LogP contribution in [0.2, 0.25) is 6.55 Å². The lowest BCUT2D eigenvalue weighted by Gasteiger charge is -2.04. The molecule has 0 heterocycles. The molecular formula is C8H14Cl2Si. The highest BCUT2D eigenvalue weighted by molar-refractivity contribution is 7.47. The zero-order chi connectivity index (χ0) is 8.32. The van der Waals surface area contributed by atoms with Gasteiger partial charge in [0, 0.05) is 0 Å². The van der Waals surface area contributed by atoms with Gasteiger partial charge in [-0.1, -0.05) is 24.6 Å². The molecule has 0 aromatic carbocycles. The lowest BCUT2D eigenvalue weighted by atomic mass is 10.1. The first-order chi connectivity index (χ1) is 5.08. The number of hydrogen-bond donors (Lipinski definition) is 0. The Hall–Kier alpha value is 0.537. The molecule has 1 aliphatic rings. The molecule has 11 heavy (non-hydrogen) atoms. The minimum absolute atomic E-state index is 0.763. The van der Waals surface area contributed by atoms with Crippen LogP contribution in [0.5, 0.6) is 0 Å². The molecule has 0 bridgehead atoms. The van der Waals surface area contributed by atoms with Gasteiger partial charge < -0.3 is 0 Å². The Morgan fingerprint density at radius 3 is 2.27 bits per heavy atom. The van der Waals surface area contributed by atoms with E-state index < -0.39 is 6.69 Å². The third kappa shape index (κ3) is 4.19. The van der Waals surface area contributed by atoms with Crippen molar-refractivity contribution in [3.05, 3.63) is 11.8 Å². The van der Waals surface area contributed by atoms with Crippen LogP contribution in [-0.4, -0.2) is 6.69 Å². The molecule has 0 aromatic heterocycles. The van der Waals surface area contributed by atoms with E-state index in [-0.39, 0.29) is 0 Å². The Morgan fingerprint density at radius 2 is 1.82 bits per heavy atom. The van der Waals surface area contributed by atoms with Crippen molar-refractivity contribution in [3.8, 4) is 0 Å². The van der Waals surface area contributed by atoms with Crippen molar-refractivity contribution in [3.63, 3.8) is 0 Å². The maximum atomic E-state index is 5.93. The lowest BCUT2D eigenvalue weighted by molar-refractivity contribution is 0.687. The maximum absolute atomic E-state index is 5.93. The molecule has 0 spiro atoms. The van der Waals surface area contributed by atoms with E-state index in [1.54, 1.807) is 0 Å². The molecule has 0 radical (unpaired) electrons. The summed E-state index contributed by atoms with van der Waals surface area (Å²) >= 11 is 11.9. The third-order valence-electron chi connectivity index (χ3n) is 2.06. The average molecular weight is 209 g/mol. The molecule has 0 amide bonds. The number of halogens is 2. The minimum Gasteiger partial charge on any atom is -0.141 e. The van der Waals surface area contributed by atoms with Gasteiger partial charge in [-0.25, -0.2) is 0 Å². The van der Waals surface area contributed by atoms with Crippen LogP contribution in [0.1, 0.15) is 25.7 Å². The van der Waals surface area contributed by atoms with Crippen LogP contribution in [0.4, 0.5) is 0 Å². The van der Waals surface area contributed by atoms with Gasteiger partial charge in [-0.2, -0.15) is 0 Å². The van der Waals surface area contributed by atoms with Gasteiger partial charge >= 0.3 is 0 Å². The smallest absolute Gasteiger partial charge is 0.141 e. The van der Waals surface area contributed by atoms with Crippen molar-refractivity contribution < 1.29 is 0 Å². The molecule has 1 aliphatic carbocycles. The van der Waals surface area contributed by atoms with E-state index >= 15 is 0 Å². The van der Waals surface area contributed by atoms with Crippen LogP contribution in [0.15, 0.2) is 11.8 Å². The Balaban J connectivity index is 2.34. The SMILES string of the molecule is C[Si](Cl)(Cl)C=CC1CCCC1. The molecule has 1 saturated carbocycles. The van der Waals surface area contributed by atoms with Crippen LogP contribution >= 0.6 is 22.2 Å². The molecule has 0 nitrogen and oxygen atoms in total. The summed E-state index contributed by atoms with van der Waals surface area (Å²) in [5, 5.41) is 0. The molecule has 0 atom stereocenters. The fourth-order valence-corrected chi connectivity index (χ4v) is 2.50. The van der Waals surface area contributed by atoms with Gasteiger partial charge in [0.25, 0.3) is 6.69 Å². The summed E-state index contributed by atoms with van der Waals surface area (Å²) in [6.07, 6.45) is 7.62.